The van der Waals surface area contributed by atoms with Crippen LogP contribution in [0.3, 0.4) is 0 Å². The molecule has 0 spiro atoms. The number of benzene rings is 2. The van der Waals surface area contributed by atoms with Crippen LogP contribution >= 0.6 is 0 Å². The lowest BCUT2D eigenvalue weighted by Crippen LogP contribution is -2.63. The molecule has 0 aromatic heterocycles. The molecule has 7 heterocycles. The predicted octanol–water partition coefficient (Wildman–Crippen LogP) is 4.87. The second-order valence-electron chi connectivity index (χ2n) is 32.9. The molecule has 7 aliphatic rings. The van der Waals surface area contributed by atoms with Gasteiger partial charge < -0.3 is 81.2 Å². The third kappa shape index (κ3) is 22.0. The average molecular weight is 1700 g/mol. The molecule has 0 radical (unpaired) electrons. The monoisotopic (exact) mass is 1700 g/mol. The SMILES string of the molecule is C=CCOC(=O)[C@@H]1C[C@@]2(C)c3ccccc3N[C@H]2N1C(=O)[C@H](NC(=O)[C@H](CC(C)C)NC(=O)[C@H]1CCCN1C(=O)[C@@H](OC(=O)[C@H](C)C(C)C)C(C)C)C(C)C.CC(C)C[C@@H]1NC(=O)[C@H]2CCCN2C(=O)[C@H](C(C)C)OC(=O)[C@@H](C(C)C)NC(=O)[C@@H]2C[C@@]3(O)c4ccccc4N[C@H]3N2C(=O)[C@@H]([C@H](C)O)NC1=O.S=S=S=S=S=S=S. The number of esters is 3. The molecular weight excluding hydrogens is 1590 g/mol. The number of carbonyl (C=O) groups is 12. The molecule has 9 amide bonds. The van der Waals surface area contributed by atoms with Gasteiger partial charge in [0.2, 0.25) is 41.4 Å². The van der Waals surface area contributed by atoms with Gasteiger partial charge in [-0.15, -0.1) is 0 Å². The van der Waals surface area contributed by atoms with Gasteiger partial charge >= 0.3 is 17.9 Å². The molecule has 17 atom stereocenters. The first-order chi connectivity index (χ1) is 53.2. The highest BCUT2D eigenvalue weighted by atomic mass is 33.4. The van der Waals surface area contributed by atoms with Crippen molar-refractivity contribution in [3.8, 4) is 0 Å². The summed E-state index contributed by atoms with van der Waals surface area (Å²) in [5, 5.41) is 43.6. The van der Waals surface area contributed by atoms with E-state index in [2.05, 4.69) is 66.2 Å². The van der Waals surface area contributed by atoms with E-state index in [1.807, 2.05) is 86.6 Å². The molecular formula is C78H115N11O17S7. The minimum Gasteiger partial charge on any atom is -0.460 e. The second kappa shape index (κ2) is 41.1. The highest BCUT2D eigenvalue weighted by Crippen LogP contribution is 2.52. The van der Waals surface area contributed by atoms with Gasteiger partial charge in [0.25, 0.3) is 11.8 Å². The van der Waals surface area contributed by atoms with Gasteiger partial charge in [-0.25, -0.2) is 9.59 Å². The number of ether oxygens (including phenoxy) is 3. The molecule has 28 nitrogen and oxygen atoms in total. The highest BCUT2D eigenvalue weighted by Gasteiger charge is 2.63. The van der Waals surface area contributed by atoms with Crippen LogP contribution in [0.5, 0.6) is 0 Å². The number of cyclic esters (lactones) is 1. The second-order valence-corrected chi connectivity index (χ2v) is 41.7. The first kappa shape index (κ1) is 93.0. The lowest BCUT2D eigenvalue weighted by molar-refractivity contribution is -0.168. The molecule has 0 unspecified atom stereocenters. The Morgan fingerprint density at radius 2 is 1.26 bits per heavy atom. The number of nitrogens with one attached hydrogen (secondary N) is 7. The van der Waals surface area contributed by atoms with Crippen molar-refractivity contribution >= 4 is 149 Å². The topological polar surface area (TPSA) is 370 Å². The lowest BCUT2D eigenvalue weighted by atomic mass is 9.80. The molecule has 0 saturated carbocycles. The fraction of sp³-hybridized carbons (Fsp3) is 0.667. The number of hydrogen-bond donors (Lipinski definition) is 9. The van der Waals surface area contributed by atoms with Gasteiger partial charge in [-0.1, -0.05) is 160 Å². The molecule has 2 aromatic carbocycles. The summed E-state index contributed by atoms with van der Waals surface area (Å²) >= 11 is 9.14. The van der Waals surface area contributed by atoms with Crippen LogP contribution in [-0.2, 0) is 150 Å². The van der Waals surface area contributed by atoms with Crippen LogP contribution < -0.4 is 37.2 Å². The van der Waals surface area contributed by atoms with E-state index in [9.17, 15) is 67.7 Å². The zero-order valence-electron chi connectivity index (χ0n) is 67.5. The van der Waals surface area contributed by atoms with Crippen LogP contribution in [0.15, 0.2) is 61.2 Å². The number of amides is 9. The van der Waals surface area contributed by atoms with Crippen molar-refractivity contribution in [3.63, 3.8) is 0 Å². The third-order valence-electron chi connectivity index (χ3n) is 21.9. The summed E-state index contributed by atoms with van der Waals surface area (Å²) in [6.45, 7) is 34.7. The molecule has 0 aliphatic carbocycles. The minimum absolute atomic E-state index is 0.00564. The largest absolute Gasteiger partial charge is 0.460 e. The summed E-state index contributed by atoms with van der Waals surface area (Å²) in [6, 6.07) is 4.53. The smallest absolute Gasteiger partial charge is 0.329 e. The maximum absolute atomic E-state index is 14.7. The van der Waals surface area contributed by atoms with Crippen LogP contribution in [0.4, 0.5) is 11.4 Å². The lowest BCUT2D eigenvalue weighted by Gasteiger charge is -2.36. The quantitative estimate of drug-likeness (QED) is 0.0457. The van der Waals surface area contributed by atoms with E-state index in [4.69, 9.17) is 14.2 Å². The van der Waals surface area contributed by atoms with E-state index in [0.717, 1.165) is 16.2 Å². The number of para-hydroxylation sites is 2. The number of aliphatic hydroxyl groups is 2. The summed E-state index contributed by atoms with van der Waals surface area (Å²) in [5.74, 6) is -9.46. The van der Waals surface area contributed by atoms with E-state index in [1.165, 1.54) is 45.5 Å². The van der Waals surface area contributed by atoms with Gasteiger partial charge in [0, 0.05) is 109 Å². The van der Waals surface area contributed by atoms with Crippen molar-refractivity contribution in [2.24, 2.45) is 47.3 Å². The van der Waals surface area contributed by atoms with Crippen molar-refractivity contribution in [1.29, 1.82) is 0 Å². The zero-order chi connectivity index (χ0) is 84.0. The number of carbonyl (C=O) groups excluding carboxylic acids is 12. The number of rotatable bonds is 21. The summed E-state index contributed by atoms with van der Waals surface area (Å²) in [4.78, 5) is 173. The Balaban J connectivity index is 0.000000289. The summed E-state index contributed by atoms with van der Waals surface area (Å²) in [5.41, 5.74) is 0.513. The highest BCUT2D eigenvalue weighted by molar-refractivity contribution is 8.68. The minimum atomic E-state index is -1.75. The Hall–Kier alpha value is -7.12. The molecule has 35 heteroatoms. The van der Waals surface area contributed by atoms with E-state index >= 15 is 0 Å². The van der Waals surface area contributed by atoms with E-state index in [0.29, 0.717) is 49.9 Å². The summed E-state index contributed by atoms with van der Waals surface area (Å²) < 4.78 is 17.0. The van der Waals surface area contributed by atoms with E-state index in [1.54, 1.807) is 99.4 Å². The van der Waals surface area contributed by atoms with Crippen molar-refractivity contribution in [1.82, 2.24) is 46.2 Å². The van der Waals surface area contributed by atoms with Crippen molar-refractivity contribution < 1.29 is 82.0 Å². The van der Waals surface area contributed by atoms with Gasteiger partial charge in [-0.3, -0.25) is 47.9 Å². The number of aliphatic hydroxyl groups excluding tert-OH is 1. The fourth-order valence-corrected chi connectivity index (χ4v) is 23.8. The first-order valence-corrected chi connectivity index (χ1v) is 46.9. The standard InChI is InChI=1S/C42H63N5O8.C36H52N6O9.S7/c1-12-20-54-40(53)32-22-42(11)28-16-13-14-17-29(28)44-41(42)47(32)37(50)33(25(6)7)45-35(48)30(21-23(2)3)43-36(49)31-18-15-19-46(31)38(51)34(26(8)9)55-39(52)27(10)24(4)5;1-17(2)15-23-29(44)40-27(20(7)43)32(47)42-25(16-36(50)21-11-8-9-12-22(21)38-35(36)42)31(46)39-26(18(3)4)34(49)51-28(19(5)6)33(48)41-14-10-13-24(41)30(45)37-23;1-3-5-7-6-4-2/h12-14,16-17,23-27,30-34,41,44H,1,15,18-22H2,2-11H3,(H,43,49)(H,45,48);8-9,11-12,17-20,23-28,35,38,43,50H,10,13-16H2,1-7H3,(H,37,45)(H,39,46)(H,40,44);/t27-,30+,31-,32+,33-,34+,41+,42+;20-,23-,24+,25-,26+,27+,28-,35-,36+;/m10./s1. The number of fused-ring (bicyclic) bond motifs is 9. The van der Waals surface area contributed by atoms with Crippen molar-refractivity contribution in [3.05, 3.63) is 72.3 Å². The van der Waals surface area contributed by atoms with E-state index in [-0.39, 0.29) is 62.0 Å². The predicted molar refractivity (Wildman–Crippen MR) is 445 cm³/mol. The average Bonchev–Trinajstić information content (AvgIpc) is 1.56. The van der Waals surface area contributed by atoms with Crippen LogP contribution in [-0.4, -0.2) is 206 Å². The van der Waals surface area contributed by atoms with Crippen LogP contribution in [0.2, 0.25) is 0 Å². The van der Waals surface area contributed by atoms with Gasteiger partial charge in [-0.2, -0.15) is 0 Å². The number of anilines is 2. The van der Waals surface area contributed by atoms with Crippen molar-refractivity contribution in [2.75, 3.05) is 30.3 Å². The third-order valence-corrected chi connectivity index (χ3v) is 30.8. The van der Waals surface area contributed by atoms with Crippen molar-refractivity contribution in [2.45, 2.75) is 265 Å². The molecule has 2 aromatic rings. The molecule has 5 fully saturated rings. The van der Waals surface area contributed by atoms with E-state index < -0.39 is 185 Å². The molecule has 9 rings (SSSR count). The van der Waals surface area contributed by atoms with Crippen LogP contribution in [0.25, 0.3) is 0 Å². The van der Waals surface area contributed by atoms with Gasteiger partial charge in [-0.05, 0) is 111 Å². The first-order valence-electron chi connectivity index (χ1n) is 38.9. The van der Waals surface area contributed by atoms with Gasteiger partial charge in [0.1, 0.15) is 78.9 Å². The Morgan fingerprint density at radius 3 is 1.82 bits per heavy atom. The Bertz CT molecular complexity index is 4080. The fourth-order valence-electron chi connectivity index (χ4n) is 15.6. The molecule has 0 bridgehead atoms. The van der Waals surface area contributed by atoms with Crippen LogP contribution in [0.1, 0.15) is 180 Å². The Labute approximate surface area is 687 Å². The maximum Gasteiger partial charge on any atom is 0.329 e. The molecule has 5 saturated heterocycles. The maximum atomic E-state index is 14.7. The summed E-state index contributed by atoms with van der Waals surface area (Å²) in [6.07, 6.45) is -1.77. The molecule has 626 valence electrons. The number of hydrogen-bond acceptors (Lipinski definition) is 21. The summed E-state index contributed by atoms with van der Waals surface area (Å²) in [7, 11) is 7.36. The number of likely N-dealkylation sites (tertiary alicyclic amines) is 2. The Kier molecular flexibility index (Phi) is 33.9. The molecule has 113 heavy (non-hydrogen) atoms. The van der Waals surface area contributed by atoms with Gasteiger partial charge in [0.15, 0.2) is 12.2 Å². The zero-order valence-corrected chi connectivity index (χ0v) is 73.3. The van der Waals surface area contributed by atoms with Gasteiger partial charge in [0.05, 0.1) is 12.0 Å². The Morgan fingerprint density at radius 1 is 0.664 bits per heavy atom. The van der Waals surface area contributed by atoms with Crippen LogP contribution in [0, 0.1) is 47.3 Å². The molecule has 7 aliphatic heterocycles. The number of nitrogens with zero attached hydrogens (tertiary/aromatic N) is 4. The molecule has 9 N–H and O–H groups in total. The normalized spacial score (nSPS) is 26.7.